The van der Waals surface area contributed by atoms with E-state index < -0.39 is 0 Å². The topological polar surface area (TPSA) is 12.0 Å². The van der Waals surface area contributed by atoms with Crippen molar-refractivity contribution in [3.8, 4) is 0 Å². The fraction of sp³-hybridized carbons (Fsp3) is 0.412. The Labute approximate surface area is 148 Å². The zero-order valence-electron chi connectivity index (χ0n) is 12.6. The van der Waals surface area contributed by atoms with E-state index in [0.29, 0.717) is 5.92 Å². The number of hydrogen-bond acceptors (Lipinski definition) is 2. The maximum absolute atomic E-state index is 3.66. The van der Waals surface area contributed by atoms with Crippen LogP contribution in [0.3, 0.4) is 0 Å². The van der Waals surface area contributed by atoms with Crippen molar-refractivity contribution in [2.45, 2.75) is 39.2 Å². The van der Waals surface area contributed by atoms with Crippen molar-refractivity contribution in [1.29, 1.82) is 0 Å². The average molecular weight is 431 g/mol. The van der Waals surface area contributed by atoms with E-state index in [2.05, 4.69) is 88.3 Å². The van der Waals surface area contributed by atoms with Gasteiger partial charge in [-0.05, 0) is 67.9 Å². The number of thiophene rings is 1. The molecule has 1 aromatic heterocycles. The van der Waals surface area contributed by atoms with Crippen LogP contribution in [0.4, 0.5) is 0 Å². The molecule has 0 spiro atoms. The lowest BCUT2D eigenvalue weighted by molar-refractivity contribution is 0.605. The van der Waals surface area contributed by atoms with E-state index in [4.69, 9.17) is 0 Å². The van der Waals surface area contributed by atoms with Crippen LogP contribution in [0.25, 0.3) is 0 Å². The van der Waals surface area contributed by atoms with Crippen LogP contribution < -0.4 is 5.32 Å². The van der Waals surface area contributed by atoms with Gasteiger partial charge >= 0.3 is 0 Å². The molecular formula is C17H21Br2NS. The SMILES string of the molecule is CCCNC(c1ccc(C(C)C)cc1)c1cc(Br)c(Br)s1. The van der Waals surface area contributed by atoms with Crippen LogP contribution in [0.15, 0.2) is 38.6 Å². The van der Waals surface area contributed by atoms with Gasteiger partial charge < -0.3 is 5.32 Å². The van der Waals surface area contributed by atoms with E-state index in [-0.39, 0.29) is 6.04 Å². The maximum Gasteiger partial charge on any atom is 0.0843 e. The highest BCUT2D eigenvalue weighted by molar-refractivity contribution is 9.13. The molecule has 0 aliphatic rings. The van der Waals surface area contributed by atoms with Crippen LogP contribution in [-0.2, 0) is 0 Å². The number of nitrogens with one attached hydrogen (secondary N) is 1. The number of halogens is 2. The summed E-state index contributed by atoms with van der Waals surface area (Å²) in [6.45, 7) is 7.68. The van der Waals surface area contributed by atoms with Crippen LogP contribution in [0, 0.1) is 0 Å². The molecule has 0 radical (unpaired) electrons. The second-order valence-electron chi connectivity index (χ2n) is 5.48. The summed E-state index contributed by atoms with van der Waals surface area (Å²) in [6, 6.07) is 11.5. The van der Waals surface area contributed by atoms with Gasteiger partial charge in [0, 0.05) is 9.35 Å². The van der Waals surface area contributed by atoms with Gasteiger partial charge in [-0.1, -0.05) is 45.0 Å². The highest BCUT2D eigenvalue weighted by Gasteiger charge is 2.17. The predicted molar refractivity (Wildman–Crippen MR) is 100 cm³/mol. The Morgan fingerprint density at radius 2 is 1.71 bits per heavy atom. The number of hydrogen-bond donors (Lipinski definition) is 1. The molecule has 0 aliphatic carbocycles. The summed E-state index contributed by atoms with van der Waals surface area (Å²) < 4.78 is 2.28. The van der Waals surface area contributed by atoms with E-state index in [1.807, 2.05) is 0 Å². The molecule has 0 saturated carbocycles. The molecular weight excluding hydrogens is 410 g/mol. The van der Waals surface area contributed by atoms with Gasteiger partial charge in [0.25, 0.3) is 0 Å². The second kappa shape index (κ2) is 7.91. The Morgan fingerprint density at radius 3 is 2.19 bits per heavy atom. The van der Waals surface area contributed by atoms with Crippen molar-refractivity contribution < 1.29 is 0 Å². The van der Waals surface area contributed by atoms with Crippen molar-refractivity contribution in [2.75, 3.05) is 6.54 Å². The molecule has 0 saturated heterocycles. The minimum Gasteiger partial charge on any atom is -0.306 e. The fourth-order valence-electron chi connectivity index (χ4n) is 2.25. The molecule has 114 valence electrons. The molecule has 0 fully saturated rings. The minimum absolute atomic E-state index is 0.263. The standard InChI is InChI=1S/C17H21Br2NS/c1-4-9-20-16(15-10-14(18)17(19)21-15)13-7-5-12(6-8-13)11(2)3/h5-8,10-11,16,20H,4,9H2,1-3H3. The third-order valence-corrected chi connectivity index (χ3v) is 6.80. The normalized spacial score (nSPS) is 12.9. The molecule has 1 unspecified atom stereocenters. The van der Waals surface area contributed by atoms with E-state index in [1.165, 1.54) is 16.0 Å². The lowest BCUT2D eigenvalue weighted by atomic mass is 9.98. The average Bonchev–Trinajstić information content (AvgIpc) is 2.79. The molecule has 0 amide bonds. The van der Waals surface area contributed by atoms with Crippen molar-refractivity contribution >= 4 is 43.2 Å². The predicted octanol–water partition coefficient (Wildman–Crippen LogP) is 6.49. The molecule has 4 heteroatoms. The van der Waals surface area contributed by atoms with Gasteiger partial charge in [-0.25, -0.2) is 0 Å². The third kappa shape index (κ3) is 4.41. The molecule has 0 bridgehead atoms. The molecule has 21 heavy (non-hydrogen) atoms. The van der Waals surface area contributed by atoms with Crippen LogP contribution in [0.2, 0.25) is 0 Å². The highest BCUT2D eigenvalue weighted by Crippen LogP contribution is 2.37. The summed E-state index contributed by atoms with van der Waals surface area (Å²) in [4.78, 5) is 1.33. The van der Waals surface area contributed by atoms with E-state index in [9.17, 15) is 0 Å². The molecule has 1 heterocycles. The molecule has 2 rings (SSSR count). The molecule has 1 N–H and O–H groups in total. The Kier molecular flexibility index (Phi) is 6.48. The Morgan fingerprint density at radius 1 is 1.10 bits per heavy atom. The minimum atomic E-state index is 0.263. The van der Waals surface area contributed by atoms with Gasteiger partial charge in [-0.2, -0.15) is 0 Å². The zero-order valence-corrected chi connectivity index (χ0v) is 16.6. The number of benzene rings is 1. The first-order chi connectivity index (χ1) is 10.0. The summed E-state index contributed by atoms with van der Waals surface area (Å²) in [5.41, 5.74) is 2.72. The van der Waals surface area contributed by atoms with Crippen molar-refractivity contribution in [2.24, 2.45) is 0 Å². The van der Waals surface area contributed by atoms with E-state index in [1.54, 1.807) is 11.3 Å². The smallest absolute Gasteiger partial charge is 0.0843 e. The van der Waals surface area contributed by atoms with E-state index >= 15 is 0 Å². The van der Waals surface area contributed by atoms with E-state index in [0.717, 1.165) is 21.2 Å². The van der Waals surface area contributed by atoms with Gasteiger partial charge in [0.1, 0.15) is 0 Å². The Bertz CT molecular complexity index is 555. The molecule has 1 nitrogen and oxygen atoms in total. The molecule has 1 atom stereocenters. The summed E-state index contributed by atoms with van der Waals surface area (Å²) >= 11 is 8.98. The lowest BCUT2D eigenvalue weighted by Gasteiger charge is -2.18. The Balaban J connectivity index is 2.30. The summed E-state index contributed by atoms with van der Waals surface area (Å²) in [5, 5.41) is 3.66. The monoisotopic (exact) mass is 429 g/mol. The van der Waals surface area contributed by atoms with Crippen molar-refractivity contribution in [1.82, 2.24) is 5.32 Å². The van der Waals surface area contributed by atoms with Gasteiger partial charge in [0.2, 0.25) is 0 Å². The third-order valence-electron chi connectivity index (χ3n) is 3.48. The molecule has 2 aromatic rings. The lowest BCUT2D eigenvalue weighted by Crippen LogP contribution is -2.22. The first-order valence-corrected chi connectivity index (χ1v) is 9.71. The summed E-state index contributed by atoms with van der Waals surface area (Å²) in [5.74, 6) is 0.575. The molecule has 1 aromatic carbocycles. The van der Waals surface area contributed by atoms with Crippen LogP contribution in [0.1, 0.15) is 55.2 Å². The van der Waals surface area contributed by atoms with Gasteiger partial charge in [-0.3, -0.25) is 0 Å². The van der Waals surface area contributed by atoms with Crippen LogP contribution >= 0.6 is 43.2 Å². The van der Waals surface area contributed by atoms with Gasteiger partial charge in [-0.15, -0.1) is 11.3 Å². The van der Waals surface area contributed by atoms with Gasteiger partial charge in [0.15, 0.2) is 0 Å². The zero-order chi connectivity index (χ0) is 15.4. The number of rotatable bonds is 6. The summed E-state index contributed by atoms with van der Waals surface area (Å²) in [7, 11) is 0. The van der Waals surface area contributed by atoms with Crippen molar-refractivity contribution in [3.05, 3.63) is 54.6 Å². The fourth-order valence-corrected chi connectivity index (χ4v) is 4.44. The van der Waals surface area contributed by atoms with Crippen LogP contribution in [0.5, 0.6) is 0 Å². The second-order valence-corrected chi connectivity index (χ2v) is 8.73. The van der Waals surface area contributed by atoms with Crippen LogP contribution in [-0.4, -0.2) is 6.54 Å². The quantitative estimate of drug-likeness (QED) is 0.552. The summed E-state index contributed by atoms with van der Waals surface area (Å²) in [6.07, 6.45) is 1.13. The van der Waals surface area contributed by atoms with Gasteiger partial charge in [0.05, 0.1) is 9.83 Å². The van der Waals surface area contributed by atoms with Crippen molar-refractivity contribution in [3.63, 3.8) is 0 Å². The first-order valence-electron chi connectivity index (χ1n) is 7.30. The molecule has 0 aliphatic heterocycles. The maximum atomic E-state index is 3.66. The highest BCUT2D eigenvalue weighted by atomic mass is 79.9. The largest absolute Gasteiger partial charge is 0.306 e. The Hall–Kier alpha value is -0.160. The first kappa shape index (κ1) is 17.2.